The monoisotopic (exact) mass is 298 g/mol. The molecule has 0 aliphatic carbocycles. The molecule has 1 aromatic rings. The van der Waals surface area contributed by atoms with Crippen LogP contribution in [0.5, 0.6) is 0 Å². The molecule has 0 saturated carbocycles. The average molecular weight is 298 g/mol. The van der Waals surface area contributed by atoms with Crippen LogP contribution in [-0.4, -0.2) is 26.7 Å². The number of aryl methyl sites for hydroxylation is 1. The van der Waals surface area contributed by atoms with Gasteiger partial charge in [-0.2, -0.15) is 0 Å². The molecular formula is C14H22N2O3S. The van der Waals surface area contributed by atoms with Crippen LogP contribution in [0.4, 0.5) is 5.69 Å². The summed E-state index contributed by atoms with van der Waals surface area (Å²) in [5, 5.41) is 0. The number of rotatable bonds is 3. The number of nitrogens with two attached hydrogens (primary N) is 1. The molecule has 0 spiro atoms. The van der Waals surface area contributed by atoms with Crippen LogP contribution in [-0.2, 0) is 14.8 Å². The maximum atomic E-state index is 12.4. The van der Waals surface area contributed by atoms with Gasteiger partial charge in [-0.05, 0) is 51.3 Å². The molecule has 0 bridgehead atoms. The smallest absolute Gasteiger partial charge is 0.242 e. The fourth-order valence-electron chi connectivity index (χ4n) is 2.53. The van der Waals surface area contributed by atoms with Crippen LogP contribution in [0.15, 0.2) is 23.1 Å². The lowest BCUT2D eigenvalue weighted by Crippen LogP contribution is -2.45. The minimum Gasteiger partial charge on any atom is -0.398 e. The van der Waals surface area contributed by atoms with Crippen LogP contribution < -0.4 is 10.5 Å². The van der Waals surface area contributed by atoms with E-state index in [1.807, 2.05) is 20.8 Å². The number of nitrogen functional groups attached to an aromatic ring is 1. The number of nitrogens with one attached hydrogen (secondary N) is 1. The molecule has 112 valence electrons. The van der Waals surface area contributed by atoms with E-state index < -0.39 is 10.0 Å². The molecule has 0 radical (unpaired) electrons. The molecule has 1 unspecified atom stereocenters. The number of ether oxygens (including phenoxy) is 1. The van der Waals surface area contributed by atoms with Gasteiger partial charge in [0.1, 0.15) is 4.90 Å². The Kier molecular flexibility index (Phi) is 4.09. The Bertz CT molecular complexity index is 596. The summed E-state index contributed by atoms with van der Waals surface area (Å²) in [6, 6.07) is 4.85. The van der Waals surface area contributed by atoms with Crippen molar-refractivity contribution in [3.63, 3.8) is 0 Å². The van der Waals surface area contributed by atoms with Crippen molar-refractivity contribution in [2.45, 2.75) is 50.2 Å². The van der Waals surface area contributed by atoms with Crippen LogP contribution in [0.25, 0.3) is 0 Å². The number of sulfonamides is 1. The van der Waals surface area contributed by atoms with Crippen molar-refractivity contribution < 1.29 is 13.2 Å². The van der Waals surface area contributed by atoms with Gasteiger partial charge in [-0.1, -0.05) is 6.07 Å². The molecule has 1 saturated heterocycles. The normalized spacial score (nSPS) is 22.6. The SMILES string of the molecule is Cc1ccc(S(=O)(=O)NC2CCOC(C)(C)C2)c(N)c1. The molecule has 3 N–H and O–H groups in total. The van der Waals surface area contributed by atoms with Gasteiger partial charge in [0.25, 0.3) is 0 Å². The first kappa shape index (κ1) is 15.3. The Hall–Kier alpha value is -1.11. The van der Waals surface area contributed by atoms with Crippen molar-refractivity contribution >= 4 is 15.7 Å². The molecule has 1 aromatic carbocycles. The van der Waals surface area contributed by atoms with Gasteiger partial charge >= 0.3 is 0 Å². The summed E-state index contributed by atoms with van der Waals surface area (Å²) in [4.78, 5) is 0.146. The van der Waals surface area contributed by atoms with E-state index in [2.05, 4.69) is 4.72 Å². The summed E-state index contributed by atoms with van der Waals surface area (Å²) in [7, 11) is -3.59. The molecule has 1 atom stereocenters. The van der Waals surface area contributed by atoms with Gasteiger partial charge in [-0.25, -0.2) is 13.1 Å². The first-order valence-electron chi connectivity index (χ1n) is 6.72. The largest absolute Gasteiger partial charge is 0.398 e. The predicted octanol–water partition coefficient (Wildman–Crippen LogP) is 1.81. The molecule has 6 heteroatoms. The lowest BCUT2D eigenvalue weighted by molar-refractivity contribution is -0.0599. The topological polar surface area (TPSA) is 81.4 Å². The Morgan fingerprint density at radius 3 is 2.70 bits per heavy atom. The number of benzene rings is 1. The van der Waals surface area contributed by atoms with Gasteiger partial charge in [0.15, 0.2) is 0 Å². The van der Waals surface area contributed by atoms with Gasteiger partial charge in [0.2, 0.25) is 10.0 Å². The summed E-state index contributed by atoms with van der Waals surface area (Å²) in [5.74, 6) is 0. The number of hydrogen-bond donors (Lipinski definition) is 2. The van der Waals surface area contributed by atoms with Crippen LogP contribution in [0.2, 0.25) is 0 Å². The highest BCUT2D eigenvalue weighted by molar-refractivity contribution is 7.89. The maximum absolute atomic E-state index is 12.4. The fraction of sp³-hybridized carbons (Fsp3) is 0.571. The molecular weight excluding hydrogens is 276 g/mol. The van der Waals surface area contributed by atoms with Crippen LogP contribution in [0.1, 0.15) is 32.3 Å². The standard InChI is InChI=1S/C14H22N2O3S/c1-10-4-5-13(12(15)8-10)20(17,18)16-11-6-7-19-14(2,3)9-11/h4-5,8,11,16H,6-7,9,15H2,1-3H3. The Labute approximate surface area is 120 Å². The van der Waals surface area contributed by atoms with E-state index >= 15 is 0 Å². The summed E-state index contributed by atoms with van der Waals surface area (Å²) in [5.41, 5.74) is 6.74. The summed E-state index contributed by atoms with van der Waals surface area (Å²) in [6.45, 7) is 6.37. The van der Waals surface area contributed by atoms with E-state index in [-0.39, 0.29) is 22.2 Å². The molecule has 20 heavy (non-hydrogen) atoms. The second-order valence-corrected chi connectivity index (χ2v) is 7.64. The molecule has 1 aliphatic rings. The molecule has 1 heterocycles. The highest BCUT2D eigenvalue weighted by Gasteiger charge is 2.32. The predicted molar refractivity (Wildman–Crippen MR) is 79.0 cm³/mol. The zero-order valence-electron chi connectivity index (χ0n) is 12.1. The zero-order valence-corrected chi connectivity index (χ0v) is 13.0. The lowest BCUT2D eigenvalue weighted by atomic mass is 9.95. The van der Waals surface area contributed by atoms with E-state index in [4.69, 9.17) is 10.5 Å². The first-order chi connectivity index (χ1) is 9.20. The van der Waals surface area contributed by atoms with Crippen LogP contribution >= 0.6 is 0 Å². The Balaban J connectivity index is 2.19. The van der Waals surface area contributed by atoms with Gasteiger partial charge in [-0.15, -0.1) is 0 Å². The summed E-state index contributed by atoms with van der Waals surface area (Å²) < 4.78 is 33.2. The highest BCUT2D eigenvalue weighted by atomic mass is 32.2. The van der Waals surface area contributed by atoms with Crippen molar-refractivity contribution in [3.8, 4) is 0 Å². The minimum atomic E-state index is -3.59. The minimum absolute atomic E-state index is 0.121. The van der Waals surface area contributed by atoms with Crippen molar-refractivity contribution in [1.82, 2.24) is 4.72 Å². The fourth-order valence-corrected chi connectivity index (χ4v) is 3.91. The molecule has 5 nitrogen and oxygen atoms in total. The summed E-state index contributed by atoms with van der Waals surface area (Å²) in [6.07, 6.45) is 1.33. The maximum Gasteiger partial charge on any atom is 0.242 e. The van der Waals surface area contributed by atoms with Crippen molar-refractivity contribution in [2.75, 3.05) is 12.3 Å². The van der Waals surface area contributed by atoms with Crippen molar-refractivity contribution in [3.05, 3.63) is 23.8 Å². The van der Waals surface area contributed by atoms with E-state index in [1.54, 1.807) is 18.2 Å². The molecule has 1 aliphatic heterocycles. The van der Waals surface area contributed by atoms with Crippen molar-refractivity contribution in [2.24, 2.45) is 0 Å². The van der Waals surface area contributed by atoms with Crippen molar-refractivity contribution in [1.29, 1.82) is 0 Å². The van der Waals surface area contributed by atoms with E-state index in [0.29, 0.717) is 19.4 Å². The molecule has 1 fully saturated rings. The Morgan fingerprint density at radius 2 is 2.10 bits per heavy atom. The van der Waals surface area contributed by atoms with E-state index in [9.17, 15) is 8.42 Å². The third-order valence-corrected chi connectivity index (χ3v) is 5.07. The van der Waals surface area contributed by atoms with Gasteiger partial charge in [0.05, 0.1) is 11.3 Å². The highest BCUT2D eigenvalue weighted by Crippen LogP contribution is 2.26. The molecule has 0 amide bonds. The van der Waals surface area contributed by atoms with Gasteiger partial charge in [-0.3, -0.25) is 0 Å². The third-order valence-electron chi connectivity index (χ3n) is 3.47. The lowest BCUT2D eigenvalue weighted by Gasteiger charge is -2.35. The van der Waals surface area contributed by atoms with E-state index in [1.165, 1.54) is 0 Å². The zero-order chi connectivity index (χ0) is 15.0. The second-order valence-electron chi connectivity index (χ2n) is 5.96. The molecule has 2 rings (SSSR count). The van der Waals surface area contributed by atoms with Crippen LogP contribution in [0.3, 0.4) is 0 Å². The quantitative estimate of drug-likeness (QED) is 0.834. The van der Waals surface area contributed by atoms with Crippen LogP contribution in [0, 0.1) is 6.92 Å². The van der Waals surface area contributed by atoms with Gasteiger partial charge < -0.3 is 10.5 Å². The second kappa shape index (κ2) is 5.35. The van der Waals surface area contributed by atoms with Gasteiger partial charge in [0, 0.05) is 12.6 Å². The summed E-state index contributed by atoms with van der Waals surface area (Å²) >= 11 is 0. The Morgan fingerprint density at radius 1 is 1.40 bits per heavy atom. The third kappa shape index (κ3) is 3.50. The first-order valence-corrected chi connectivity index (χ1v) is 8.20. The number of anilines is 1. The van der Waals surface area contributed by atoms with E-state index in [0.717, 1.165) is 5.56 Å². The average Bonchev–Trinajstić information content (AvgIpc) is 2.25. The molecule has 0 aromatic heterocycles. The number of hydrogen-bond acceptors (Lipinski definition) is 4.